The lowest BCUT2D eigenvalue weighted by atomic mass is 10.2. The third kappa shape index (κ3) is 4.21. The molecule has 0 amide bonds. The molecular weight excluding hydrogens is 388 g/mol. The van der Waals surface area contributed by atoms with Crippen LogP contribution in [0, 0.1) is 17.9 Å². The zero-order valence-electron chi connectivity index (χ0n) is 17.6. The first-order chi connectivity index (χ1) is 14.4. The Labute approximate surface area is 179 Å². The van der Waals surface area contributed by atoms with E-state index >= 15 is 0 Å². The molecule has 0 aliphatic heterocycles. The van der Waals surface area contributed by atoms with Crippen LogP contribution in [0.25, 0.3) is 4.85 Å². The molecule has 1 aromatic heterocycles. The fraction of sp³-hybridized carbons (Fsp3) is 0.292. The summed E-state index contributed by atoms with van der Waals surface area (Å²) in [5.41, 5.74) is 0.579. The van der Waals surface area contributed by atoms with Gasteiger partial charge in [0.1, 0.15) is 5.69 Å². The van der Waals surface area contributed by atoms with Crippen molar-refractivity contribution in [2.45, 2.75) is 38.5 Å². The smallest absolute Gasteiger partial charge is 0.263 e. The predicted molar refractivity (Wildman–Crippen MR) is 121 cm³/mol. The Hall–Kier alpha value is -3.19. The van der Waals surface area contributed by atoms with E-state index in [1.165, 1.54) is 0 Å². The van der Waals surface area contributed by atoms with Gasteiger partial charge in [0.15, 0.2) is 6.10 Å². The standard InChI is InChI=1S/C24H26N4OSi/c1-24(2,3)30(20-11-7-5-8-12-20,21-13-9-6-10-14-21)29-23(17-25)22-18-28(19-27-22)16-15-26-4/h5-14,18-19,23H,15-16H2,1-3H3/t23-/m1/s1. The van der Waals surface area contributed by atoms with Gasteiger partial charge >= 0.3 is 0 Å². The Morgan fingerprint density at radius 1 is 1.10 bits per heavy atom. The van der Waals surface area contributed by atoms with Crippen molar-refractivity contribution < 1.29 is 4.43 Å². The van der Waals surface area contributed by atoms with Gasteiger partial charge in [0.25, 0.3) is 8.32 Å². The molecule has 3 aromatic rings. The van der Waals surface area contributed by atoms with E-state index in [0.717, 1.165) is 10.4 Å². The maximum Gasteiger partial charge on any atom is 0.263 e. The molecule has 5 nitrogen and oxygen atoms in total. The van der Waals surface area contributed by atoms with Crippen LogP contribution in [0.1, 0.15) is 32.6 Å². The molecule has 0 radical (unpaired) electrons. The SMILES string of the molecule is [C-]#[N+]CCn1cnc([C@@H](C#N)O[Si](c2ccccc2)(c2ccccc2)C(C)(C)C)c1. The van der Waals surface area contributed by atoms with Gasteiger partial charge in [-0.25, -0.2) is 11.6 Å². The molecular formula is C24H26N4OSi. The van der Waals surface area contributed by atoms with Gasteiger partial charge in [0, 0.05) is 6.20 Å². The number of hydrogen-bond acceptors (Lipinski definition) is 3. The topological polar surface area (TPSA) is 55.2 Å². The molecule has 0 aliphatic rings. The van der Waals surface area contributed by atoms with Crippen molar-refractivity contribution in [3.8, 4) is 6.07 Å². The minimum atomic E-state index is -2.85. The van der Waals surface area contributed by atoms with E-state index in [2.05, 4.69) is 60.9 Å². The molecule has 0 unspecified atom stereocenters. The number of aromatic nitrogens is 2. The van der Waals surface area contributed by atoms with E-state index in [-0.39, 0.29) is 5.04 Å². The number of rotatable bonds is 7. The second kappa shape index (κ2) is 9.09. The minimum Gasteiger partial charge on any atom is -0.387 e. The largest absolute Gasteiger partial charge is 0.387 e. The average Bonchev–Trinajstić information content (AvgIpc) is 3.22. The van der Waals surface area contributed by atoms with Crippen molar-refractivity contribution in [3.05, 3.63) is 90.3 Å². The normalized spacial score (nSPS) is 12.7. The van der Waals surface area contributed by atoms with Crippen LogP contribution >= 0.6 is 0 Å². The molecule has 0 saturated carbocycles. The summed E-state index contributed by atoms with van der Waals surface area (Å²) in [5, 5.41) is 12.1. The molecule has 2 aromatic carbocycles. The van der Waals surface area contributed by atoms with Gasteiger partial charge in [-0.1, -0.05) is 81.4 Å². The van der Waals surface area contributed by atoms with E-state index in [1.807, 2.05) is 47.2 Å². The molecule has 6 heteroatoms. The molecule has 0 spiro atoms. The van der Waals surface area contributed by atoms with E-state index in [1.54, 1.807) is 6.33 Å². The summed E-state index contributed by atoms with van der Waals surface area (Å²) in [4.78, 5) is 7.82. The van der Waals surface area contributed by atoms with Crippen molar-refractivity contribution in [2.24, 2.45) is 0 Å². The first-order valence-corrected chi connectivity index (χ1v) is 11.9. The van der Waals surface area contributed by atoms with Gasteiger partial charge in [0.2, 0.25) is 6.54 Å². The Kier molecular flexibility index (Phi) is 6.52. The first-order valence-electron chi connectivity index (χ1n) is 9.96. The van der Waals surface area contributed by atoms with Crippen LogP contribution in [-0.4, -0.2) is 24.4 Å². The van der Waals surface area contributed by atoms with Crippen LogP contribution in [0.2, 0.25) is 5.04 Å². The summed E-state index contributed by atoms with van der Waals surface area (Å²) in [6.45, 7) is 14.5. The van der Waals surface area contributed by atoms with Crippen molar-refractivity contribution >= 4 is 18.7 Å². The second-order valence-electron chi connectivity index (χ2n) is 8.21. The van der Waals surface area contributed by atoms with Crippen LogP contribution < -0.4 is 10.4 Å². The molecule has 0 fully saturated rings. The lowest BCUT2D eigenvalue weighted by molar-refractivity contribution is 0.240. The fourth-order valence-corrected chi connectivity index (χ4v) is 8.36. The lowest BCUT2D eigenvalue weighted by Crippen LogP contribution is -2.66. The molecule has 0 N–H and O–H groups in total. The zero-order chi connectivity index (χ0) is 21.6. The molecule has 30 heavy (non-hydrogen) atoms. The van der Waals surface area contributed by atoms with Crippen LogP contribution in [-0.2, 0) is 11.0 Å². The summed E-state index contributed by atoms with van der Waals surface area (Å²) in [5.74, 6) is 0. The van der Waals surface area contributed by atoms with Crippen molar-refractivity contribution in [1.29, 1.82) is 5.26 Å². The third-order valence-corrected chi connectivity index (χ3v) is 10.2. The van der Waals surface area contributed by atoms with E-state index in [9.17, 15) is 5.26 Å². The quantitative estimate of drug-likeness (QED) is 0.435. The Balaban J connectivity index is 2.12. The summed E-state index contributed by atoms with van der Waals surface area (Å²) < 4.78 is 8.71. The minimum absolute atomic E-state index is 0.225. The number of hydrogen-bond donors (Lipinski definition) is 0. The maximum absolute atomic E-state index is 10.0. The number of nitriles is 1. The Bertz CT molecular complexity index is 1000. The lowest BCUT2D eigenvalue weighted by Gasteiger charge is -2.43. The molecule has 0 aliphatic carbocycles. The van der Waals surface area contributed by atoms with Crippen LogP contribution in [0.15, 0.2) is 73.2 Å². The van der Waals surface area contributed by atoms with Gasteiger partial charge in [-0.3, -0.25) is 0 Å². The van der Waals surface area contributed by atoms with E-state index in [4.69, 9.17) is 11.0 Å². The highest BCUT2D eigenvalue weighted by molar-refractivity contribution is 6.99. The fourth-order valence-electron chi connectivity index (χ4n) is 3.82. The number of nitrogens with zero attached hydrogens (tertiary/aromatic N) is 4. The summed E-state index contributed by atoms with van der Waals surface area (Å²) in [6, 6.07) is 22.8. The van der Waals surface area contributed by atoms with Crippen molar-refractivity contribution in [1.82, 2.24) is 9.55 Å². The van der Waals surface area contributed by atoms with Crippen molar-refractivity contribution in [3.63, 3.8) is 0 Å². The van der Waals surface area contributed by atoms with Gasteiger partial charge in [0.05, 0.1) is 18.9 Å². The second-order valence-corrected chi connectivity index (χ2v) is 12.5. The molecule has 0 saturated heterocycles. The summed E-state index contributed by atoms with van der Waals surface area (Å²) >= 11 is 0. The van der Waals surface area contributed by atoms with E-state index < -0.39 is 14.4 Å². The molecule has 0 bridgehead atoms. The van der Waals surface area contributed by atoms with Crippen LogP contribution in [0.3, 0.4) is 0 Å². The van der Waals surface area contributed by atoms with Crippen LogP contribution in [0.4, 0.5) is 0 Å². The zero-order valence-corrected chi connectivity index (χ0v) is 18.6. The van der Waals surface area contributed by atoms with E-state index in [0.29, 0.717) is 18.8 Å². The monoisotopic (exact) mass is 414 g/mol. The Morgan fingerprint density at radius 3 is 2.13 bits per heavy atom. The number of benzene rings is 2. The van der Waals surface area contributed by atoms with Crippen molar-refractivity contribution in [2.75, 3.05) is 6.54 Å². The van der Waals surface area contributed by atoms with Gasteiger partial charge in [-0.05, 0) is 15.4 Å². The first kappa shape index (κ1) is 21.5. The summed E-state index contributed by atoms with van der Waals surface area (Å²) in [6.07, 6.45) is 2.68. The molecule has 152 valence electrons. The highest BCUT2D eigenvalue weighted by Crippen LogP contribution is 2.39. The molecule has 1 atom stereocenters. The predicted octanol–water partition coefficient (Wildman–Crippen LogP) is 3.94. The van der Waals surface area contributed by atoms with Gasteiger partial charge in [-0.15, -0.1) is 0 Å². The summed E-state index contributed by atoms with van der Waals surface area (Å²) in [7, 11) is -2.85. The maximum atomic E-state index is 10.0. The highest BCUT2D eigenvalue weighted by Gasteiger charge is 2.52. The van der Waals surface area contributed by atoms with Crippen LogP contribution in [0.5, 0.6) is 0 Å². The molecule has 1 heterocycles. The Morgan fingerprint density at radius 2 is 1.67 bits per heavy atom. The average molecular weight is 415 g/mol. The van der Waals surface area contributed by atoms with Gasteiger partial charge < -0.3 is 13.8 Å². The molecule has 3 rings (SSSR count). The number of imidazole rings is 1. The highest BCUT2D eigenvalue weighted by atomic mass is 28.4. The third-order valence-electron chi connectivity index (χ3n) is 5.22. The van der Waals surface area contributed by atoms with Gasteiger partial charge in [-0.2, -0.15) is 5.26 Å².